The molecule has 2 nitrogen and oxygen atoms in total. The highest BCUT2D eigenvalue weighted by molar-refractivity contribution is 7.78. The predicted octanol–water partition coefficient (Wildman–Crippen LogP) is 2.52. The van der Waals surface area contributed by atoms with Crippen molar-refractivity contribution in [2.75, 3.05) is 0 Å². The van der Waals surface area contributed by atoms with Gasteiger partial charge in [0.1, 0.15) is 5.88 Å². The second-order valence-corrected chi connectivity index (χ2v) is 3.98. The molecule has 2 aromatic rings. The Hall–Kier alpha value is -0.930. The van der Waals surface area contributed by atoms with Gasteiger partial charge in [0.2, 0.25) is 5.15 Å². The first-order valence-corrected chi connectivity index (χ1v) is 5.66. The van der Waals surface area contributed by atoms with Crippen molar-refractivity contribution in [2.24, 2.45) is 7.05 Å². The number of rotatable bonds is 2. The van der Waals surface area contributed by atoms with Crippen LogP contribution in [0.5, 0.6) is 0 Å². The van der Waals surface area contributed by atoms with E-state index in [0.29, 0.717) is 11.0 Å². The Morgan fingerprint density at radius 2 is 2.00 bits per heavy atom. The smallest absolute Gasteiger partial charge is 0.219 e. The first-order valence-electron chi connectivity index (χ1n) is 4.65. The highest BCUT2D eigenvalue weighted by atomic mass is 35.5. The van der Waals surface area contributed by atoms with Gasteiger partial charge in [-0.2, -0.15) is 0 Å². The van der Waals surface area contributed by atoms with E-state index in [2.05, 4.69) is 24.8 Å². The van der Waals surface area contributed by atoms with E-state index >= 15 is 0 Å². The number of benzene rings is 1. The molecule has 78 valence electrons. The molecule has 15 heavy (non-hydrogen) atoms. The fourth-order valence-electron chi connectivity index (χ4n) is 1.62. The summed E-state index contributed by atoms with van der Waals surface area (Å²) in [4.78, 5) is 0. The summed E-state index contributed by atoms with van der Waals surface area (Å²) in [6.45, 7) is 0. The third kappa shape index (κ3) is 1.90. The SMILES string of the molecule is Cn1c(Cl)c[n+](CS)c1-c1ccccc1. The number of aromatic nitrogens is 2. The first-order chi connectivity index (χ1) is 7.24. The maximum Gasteiger partial charge on any atom is 0.290 e. The van der Waals surface area contributed by atoms with Gasteiger partial charge in [-0.3, -0.25) is 0 Å². The van der Waals surface area contributed by atoms with Gasteiger partial charge in [0.15, 0.2) is 6.20 Å². The zero-order valence-electron chi connectivity index (χ0n) is 8.39. The molecule has 0 saturated carbocycles. The summed E-state index contributed by atoms with van der Waals surface area (Å²) < 4.78 is 3.97. The van der Waals surface area contributed by atoms with E-state index in [1.165, 1.54) is 0 Å². The van der Waals surface area contributed by atoms with Crippen molar-refractivity contribution in [3.63, 3.8) is 0 Å². The molecule has 0 spiro atoms. The lowest BCUT2D eigenvalue weighted by Gasteiger charge is -1.99. The number of hydrogen-bond acceptors (Lipinski definition) is 1. The Morgan fingerprint density at radius 3 is 2.60 bits per heavy atom. The third-order valence-electron chi connectivity index (χ3n) is 2.36. The molecule has 0 atom stereocenters. The molecule has 0 bridgehead atoms. The normalized spacial score (nSPS) is 10.6. The maximum absolute atomic E-state index is 6.07. The number of halogens is 1. The highest BCUT2D eigenvalue weighted by Crippen LogP contribution is 2.19. The number of imidazole rings is 1. The molecule has 0 aliphatic heterocycles. The Morgan fingerprint density at radius 1 is 1.33 bits per heavy atom. The summed E-state index contributed by atoms with van der Waals surface area (Å²) in [5.41, 5.74) is 1.14. The second-order valence-electron chi connectivity index (χ2n) is 3.31. The molecule has 1 aromatic carbocycles. The van der Waals surface area contributed by atoms with E-state index < -0.39 is 0 Å². The van der Waals surface area contributed by atoms with Crippen LogP contribution < -0.4 is 4.57 Å². The van der Waals surface area contributed by atoms with Crippen molar-refractivity contribution in [3.8, 4) is 11.4 Å². The zero-order chi connectivity index (χ0) is 10.8. The lowest BCUT2D eigenvalue weighted by atomic mass is 10.2. The van der Waals surface area contributed by atoms with E-state index in [1.54, 1.807) is 0 Å². The minimum absolute atomic E-state index is 0.616. The fourth-order valence-corrected chi connectivity index (χ4v) is 2.04. The second kappa shape index (κ2) is 4.29. The van der Waals surface area contributed by atoms with Crippen LogP contribution in [0.2, 0.25) is 5.15 Å². The van der Waals surface area contributed by atoms with Gasteiger partial charge in [0.25, 0.3) is 5.82 Å². The van der Waals surface area contributed by atoms with Crippen LogP contribution in [0.3, 0.4) is 0 Å². The Balaban J connectivity index is 2.61. The van der Waals surface area contributed by atoms with Gasteiger partial charge in [-0.25, -0.2) is 9.13 Å². The Kier molecular flexibility index (Phi) is 3.03. The average Bonchev–Trinajstić information content (AvgIpc) is 2.56. The molecule has 0 aliphatic rings. The standard InChI is InChI=1S/C11H11ClN2S/c1-13-10(12)7-14(8-15)11(13)9-5-3-2-4-6-9/h2-7H,8H2,1H3/p+1. The molecule has 0 N–H and O–H groups in total. The summed E-state index contributed by atoms with van der Waals surface area (Å²) >= 11 is 10.4. The largest absolute Gasteiger partial charge is 0.290 e. The van der Waals surface area contributed by atoms with Crippen molar-refractivity contribution >= 4 is 24.2 Å². The molecule has 4 heteroatoms. The van der Waals surface area contributed by atoms with Crippen molar-refractivity contribution in [3.05, 3.63) is 41.7 Å². The van der Waals surface area contributed by atoms with Crippen molar-refractivity contribution < 1.29 is 4.57 Å². The number of thiol groups is 1. The van der Waals surface area contributed by atoms with Crippen LogP contribution in [0.25, 0.3) is 11.4 Å². The molecule has 0 unspecified atom stereocenters. The van der Waals surface area contributed by atoms with Crippen LogP contribution in [-0.2, 0) is 12.9 Å². The predicted molar refractivity (Wildman–Crippen MR) is 65.0 cm³/mol. The van der Waals surface area contributed by atoms with Crippen molar-refractivity contribution in [1.29, 1.82) is 0 Å². The molecule has 1 heterocycles. The third-order valence-corrected chi connectivity index (χ3v) is 3.01. The lowest BCUT2D eigenvalue weighted by molar-refractivity contribution is -0.663. The van der Waals surface area contributed by atoms with Crippen LogP contribution in [0, 0.1) is 0 Å². The molecule has 0 saturated heterocycles. The molecule has 2 rings (SSSR count). The summed E-state index contributed by atoms with van der Waals surface area (Å²) in [5.74, 6) is 1.68. The zero-order valence-corrected chi connectivity index (χ0v) is 10.0. The summed E-state index contributed by atoms with van der Waals surface area (Å²) in [6.07, 6.45) is 1.89. The molecular weight excluding hydrogens is 228 g/mol. The monoisotopic (exact) mass is 239 g/mol. The van der Waals surface area contributed by atoms with Crippen molar-refractivity contribution in [2.45, 2.75) is 5.88 Å². The van der Waals surface area contributed by atoms with E-state index in [9.17, 15) is 0 Å². The van der Waals surface area contributed by atoms with Gasteiger partial charge in [0, 0.05) is 0 Å². The first kappa shape index (κ1) is 10.6. The lowest BCUT2D eigenvalue weighted by Crippen LogP contribution is -2.31. The number of hydrogen-bond donors (Lipinski definition) is 1. The molecule has 0 radical (unpaired) electrons. The Labute approximate surface area is 99.5 Å². The Bertz CT molecular complexity index is 465. The van der Waals surface area contributed by atoms with E-state index in [-0.39, 0.29) is 0 Å². The van der Waals surface area contributed by atoms with Crippen LogP contribution in [0.1, 0.15) is 0 Å². The quantitative estimate of drug-likeness (QED) is 0.609. The van der Waals surface area contributed by atoms with E-state index in [4.69, 9.17) is 11.6 Å². The maximum atomic E-state index is 6.07. The van der Waals surface area contributed by atoms with Gasteiger partial charge >= 0.3 is 0 Å². The average molecular weight is 240 g/mol. The summed E-state index contributed by atoms with van der Waals surface area (Å²) in [5, 5.41) is 0.711. The van der Waals surface area contributed by atoms with Crippen LogP contribution in [-0.4, -0.2) is 4.57 Å². The highest BCUT2D eigenvalue weighted by Gasteiger charge is 2.19. The number of nitrogens with zero attached hydrogens (tertiary/aromatic N) is 2. The molecule has 0 amide bonds. The topological polar surface area (TPSA) is 8.81 Å². The fraction of sp³-hybridized carbons (Fsp3) is 0.182. The van der Waals surface area contributed by atoms with Crippen LogP contribution >= 0.6 is 24.2 Å². The van der Waals surface area contributed by atoms with Crippen molar-refractivity contribution in [1.82, 2.24) is 4.57 Å². The van der Waals surface area contributed by atoms with E-state index in [0.717, 1.165) is 11.4 Å². The van der Waals surface area contributed by atoms with Crippen LogP contribution in [0.4, 0.5) is 0 Å². The van der Waals surface area contributed by atoms with Gasteiger partial charge in [0.05, 0.1) is 12.6 Å². The minimum atomic E-state index is 0.616. The van der Waals surface area contributed by atoms with E-state index in [1.807, 2.05) is 40.6 Å². The van der Waals surface area contributed by atoms with Gasteiger partial charge < -0.3 is 0 Å². The van der Waals surface area contributed by atoms with Crippen LogP contribution in [0.15, 0.2) is 36.5 Å². The molecule has 1 aromatic heterocycles. The van der Waals surface area contributed by atoms with Gasteiger partial charge in [-0.1, -0.05) is 18.2 Å². The van der Waals surface area contributed by atoms with Gasteiger partial charge in [-0.05, 0) is 23.7 Å². The molecule has 0 aliphatic carbocycles. The summed E-state index contributed by atoms with van der Waals surface area (Å²) in [7, 11) is 1.95. The summed E-state index contributed by atoms with van der Waals surface area (Å²) in [6, 6.07) is 10.1. The van der Waals surface area contributed by atoms with Gasteiger partial charge in [-0.15, -0.1) is 12.6 Å². The molecular formula is C11H12ClN2S+. The molecule has 0 fully saturated rings. The minimum Gasteiger partial charge on any atom is -0.219 e.